The van der Waals surface area contributed by atoms with Crippen molar-refractivity contribution < 1.29 is 9.53 Å². The van der Waals surface area contributed by atoms with Crippen LogP contribution in [0.1, 0.15) is 6.92 Å². The normalized spacial score (nSPS) is 10.6. The molecule has 4 nitrogen and oxygen atoms in total. The lowest BCUT2D eigenvalue weighted by molar-refractivity contribution is -0.131. The van der Waals surface area contributed by atoms with Crippen LogP contribution in [-0.4, -0.2) is 10.5 Å². The molecule has 22 heavy (non-hydrogen) atoms. The maximum absolute atomic E-state index is 12.5. The first kappa shape index (κ1) is 14.4. The summed E-state index contributed by atoms with van der Waals surface area (Å²) in [6.07, 6.45) is 0. The highest BCUT2D eigenvalue weighted by molar-refractivity contribution is 6.30. The van der Waals surface area contributed by atoms with E-state index in [1.807, 2.05) is 12.1 Å². The average molecular weight is 314 g/mol. The van der Waals surface area contributed by atoms with Gasteiger partial charge in [-0.15, -0.1) is 0 Å². The van der Waals surface area contributed by atoms with E-state index in [1.54, 1.807) is 41.0 Å². The molecular formula is C17H12ClNO3. The van der Waals surface area contributed by atoms with Crippen LogP contribution < -0.4 is 10.3 Å². The molecule has 0 radical (unpaired) electrons. The Bertz CT molecular complexity index is 913. The van der Waals surface area contributed by atoms with Gasteiger partial charge in [-0.1, -0.05) is 23.7 Å². The number of hydrogen-bond acceptors (Lipinski definition) is 3. The van der Waals surface area contributed by atoms with Crippen molar-refractivity contribution in [3.63, 3.8) is 0 Å². The Labute approximate surface area is 131 Å². The number of benzene rings is 2. The fraction of sp³-hybridized carbons (Fsp3) is 0.0588. The van der Waals surface area contributed by atoms with Crippen LogP contribution in [0.5, 0.6) is 5.75 Å². The highest BCUT2D eigenvalue weighted by Crippen LogP contribution is 2.26. The summed E-state index contributed by atoms with van der Waals surface area (Å²) in [5.74, 6) is -0.202. The van der Waals surface area contributed by atoms with Crippen molar-refractivity contribution in [3.8, 4) is 11.4 Å². The fourth-order valence-corrected chi connectivity index (χ4v) is 2.47. The first-order chi connectivity index (χ1) is 10.6. The Balaban J connectivity index is 2.32. The number of halogens is 1. The predicted octanol–water partition coefficient (Wildman–Crippen LogP) is 3.57. The third kappa shape index (κ3) is 2.61. The molecule has 2 aromatic carbocycles. The fourth-order valence-electron chi connectivity index (χ4n) is 2.35. The van der Waals surface area contributed by atoms with Gasteiger partial charge in [0.25, 0.3) is 5.56 Å². The molecule has 0 saturated heterocycles. The molecule has 1 aromatic heterocycles. The van der Waals surface area contributed by atoms with Gasteiger partial charge in [0.2, 0.25) is 0 Å². The summed E-state index contributed by atoms with van der Waals surface area (Å²) < 4.78 is 6.70. The second-order valence-corrected chi connectivity index (χ2v) is 5.21. The van der Waals surface area contributed by atoms with Gasteiger partial charge < -0.3 is 4.74 Å². The lowest BCUT2D eigenvalue weighted by Crippen LogP contribution is -2.19. The minimum absolute atomic E-state index is 0.262. The topological polar surface area (TPSA) is 48.3 Å². The molecule has 0 spiro atoms. The zero-order chi connectivity index (χ0) is 15.7. The Kier molecular flexibility index (Phi) is 3.69. The first-order valence-corrected chi connectivity index (χ1v) is 7.03. The quantitative estimate of drug-likeness (QED) is 0.680. The number of fused-ring (bicyclic) bond motifs is 1. The number of ether oxygens (including phenoxy) is 1. The van der Waals surface area contributed by atoms with Crippen molar-refractivity contribution in [3.05, 3.63) is 70.0 Å². The molecule has 0 amide bonds. The summed E-state index contributed by atoms with van der Waals surface area (Å²) in [6, 6.07) is 15.5. The van der Waals surface area contributed by atoms with Crippen molar-refractivity contribution in [2.24, 2.45) is 0 Å². The van der Waals surface area contributed by atoms with Crippen LogP contribution in [0.15, 0.2) is 59.4 Å². The number of carbonyl (C=O) groups is 1. The van der Waals surface area contributed by atoms with Crippen LogP contribution in [0.25, 0.3) is 16.6 Å². The average Bonchev–Trinajstić information content (AvgIpc) is 2.48. The predicted molar refractivity (Wildman–Crippen MR) is 85.9 cm³/mol. The van der Waals surface area contributed by atoms with Gasteiger partial charge in [0.05, 0.1) is 5.52 Å². The van der Waals surface area contributed by atoms with Crippen molar-refractivity contribution in [1.29, 1.82) is 0 Å². The Morgan fingerprint density at radius 3 is 2.45 bits per heavy atom. The molecule has 0 bridgehead atoms. The van der Waals surface area contributed by atoms with Gasteiger partial charge in [0, 0.05) is 29.1 Å². The standard InChI is InChI=1S/C17H12ClNO3/c1-11(20)22-16-10-17(21)19(13-8-6-12(18)7-9-13)15-5-3-2-4-14(15)16/h2-10H,1H3. The molecule has 5 heteroatoms. The second kappa shape index (κ2) is 5.66. The molecule has 3 rings (SSSR count). The summed E-state index contributed by atoms with van der Waals surface area (Å²) in [7, 11) is 0. The molecule has 0 unspecified atom stereocenters. The molecular weight excluding hydrogens is 302 g/mol. The highest BCUT2D eigenvalue weighted by atomic mass is 35.5. The van der Waals surface area contributed by atoms with Crippen LogP contribution in [0.2, 0.25) is 5.02 Å². The number of hydrogen-bond donors (Lipinski definition) is 0. The van der Waals surface area contributed by atoms with Gasteiger partial charge in [0.1, 0.15) is 5.75 Å². The van der Waals surface area contributed by atoms with Crippen LogP contribution in [0.4, 0.5) is 0 Å². The van der Waals surface area contributed by atoms with Gasteiger partial charge in [-0.3, -0.25) is 14.2 Å². The van der Waals surface area contributed by atoms with Crippen LogP contribution in [0.3, 0.4) is 0 Å². The highest BCUT2D eigenvalue weighted by Gasteiger charge is 2.12. The molecule has 3 aromatic rings. The van der Waals surface area contributed by atoms with Gasteiger partial charge >= 0.3 is 5.97 Å². The van der Waals surface area contributed by atoms with E-state index < -0.39 is 5.97 Å². The zero-order valence-corrected chi connectivity index (χ0v) is 12.5. The van der Waals surface area contributed by atoms with Crippen LogP contribution in [0, 0.1) is 0 Å². The van der Waals surface area contributed by atoms with Gasteiger partial charge in [-0.2, -0.15) is 0 Å². The molecule has 0 N–H and O–H groups in total. The van der Waals surface area contributed by atoms with E-state index in [9.17, 15) is 9.59 Å². The van der Waals surface area contributed by atoms with E-state index >= 15 is 0 Å². The number of esters is 1. The summed E-state index contributed by atoms with van der Waals surface area (Å²) in [4.78, 5) is 23.7. The van der Waals surface area contributed by atoms with Crippen molar-refractivity contribution in [2.75, 3.05) is 0 Å². The summed E-state index contributed by atoms with van der Waals surface area (Å²) >= 11 is 5.89. The SMILES string of the molecule is CC(=O)Oc1cc(=O)n(-c2ccc(Cl)cc2)c2ccccc12. The number of para-hydroxylation sites is 1. The summed E-state index contributed by atoms with van der Waals surface area (Å²) in [5, 5.41) is 1.28. The molecule has 0 atom stereocenters. The lowest BCUT2D eigenvalue weighted by atomic mass is 10.2. The van der Waals surface area contributed by atoms with Crippen LogP contribution >= 0.6 is 11.6 Å². The summed E-state index contributed by atoms with van der Waals surface area (Å²) in [6.45, 7) is 1.31. The molecule has 110 valence electrons. The number of nitrogens with zero attached hydrogens (tertiary/aromatic N) is 1. The van der Waals surface area contributed by atoms with E-state index in [-0.39, 0.29) is 11.3 Å². The van der Waals surface area contributed by atoms with E-state index in [1.165, 1.54) is 13.0 Å². The zero-order valence-electron chi connectivity index (χ0n) is 11.7. The molecule has 0 aliphatic carbocycles. The van der Waals surface area contributed by atoms with Crippen molar-refractivity contribution >= 4 is 28.5 Å². The molecule has 1 heterocycles. The molecule has 0 fully saturated rings. The van der Waals surface area contributed by atoms with Gasteiger partial charge in [0.15, 0.2) is 0 Å². The van der Waals surface area contributed by atoms with E-state index in [4.69, 9.17) is 16.3 Å². The number of aromatic nitrogens is 1. The maximum Gasteiger partial charge on any atom is 0.308 e. The van der Waals surface area contributed by atoms with E-state index in [2.05, 4.69) is 0 Å². The van der Waals surface area contributed by atoms with E-state index in [0.29, 0.717) is 21.6 Å². The molecule has 0 saturated carbocycles. The second-order valence-electron chi connectivity index (χ2n) is 4.77. The van der Waals surface area contributed by atoms with Crippen molar-refractivity contribution in [1.82, 2.24) is 4.57 Å². The van der Waals surface area contributed by atoms with Gasteiger partial charge in [-0.05, 0) is 36.4 Å². The number of rotatable bonds is 2. The van der Waals surface area contributed by atoms with Crippen molar-refractivity contribution in [2.45, 2.75) is 6.92 Å². The molecule has 0 aliphatic rings. The largest absolute Gasteiger partial charge is 0.426 e. The minimum atomic E-state index is -0.464. The summed E-state index contributed by atoms with van der Waals surface area (Å²) in [5.41, 5.74) is 1.07. The third-order valence-corrected chi connectivity index (χ3v) is 3.48. The Morgan fingerprint density at radius 1 is 1.09 bits per heavy atom. The van der Waals surface area contributed by atoms with Gasteiger partial charge in [-0.25, -0.2) is 0 Å². The molecule has 0 aliphatic heterocycles. The first-order valence-electron chi connectivity index (χ1n) is 6.65. The Hall–Kier alpha value is -2.59. The van der Waals surface area contributed by atoms with E-state index in [0.717, 1.165) is 0 Å². The lowest BCUT2D eigenvalue weighted by Gasteiger charge is -2.13. The smallest absolute Gasteiger partial charge is 0.308 e. The van der Waals surface area contributed by atoms with Crippen LogP contribution in [-0.2, 0) is 4.79 Å². The Morgan fingerprint density at radius 2 is 1.77 bits per heavy atom. The number of pyridine rings is 1. The third-order valence-electron chi connectivity index (χ3n) is 3.22. The monoisotopic (exact) mass is 313 g/mol. The minimum Gasteiger partial charge on any atom is -0.426 e. The number of carbonyl (C=O) groups excluding carboxylic acids is 1. The maximum atomic E-state index is 12.5.